The van der Waals surface area contributed by atoms with Gasteiger partial charge in [0.05, 0.1) is 17.0 Å². The average molecular weight is 264 g/mol. The largest absolute Gasteiger partial charge is 0.388 e. The lowest BCUT2D eigenvalue weighted by Gasteiger charge is -2.32. The number of aromatic nitrogens is 3. The number of anilines is 1. The van der Waals surface area contributed by atoms with Crippen LogP contribution in [0.5, 0.6) is 0 Å². The minimum Gasteiger partial charge on any atom is -0.388 e. The van der Waals surface area contributed by atoms with Crippen molar-refractivity contribution in [2.24, 2.45) is 0 Å². The van der Waals surface area contributed by atoms with Crippen LogP contribution < -0.4 is 5.32 Å². The molecule has 1 aromatic heterocycles. The first kappa shape index (κ1) is 14.2. The Morgan fingerprint density at radius 2 is 1.74 bits per heavy atom. The van der Waals surface area contributed by atoms with E-state index in [0.29, 0.717) is 12.5 Å². The molecule has 0 aliphatic heterocycles. The van der Waals surface area contributed by atoms with Crippen LogP contribution in [0.3, 0.4) is 0 Å². The fourth-order valence-corrected chi connectivity index (χ4v) is 2.64. The van der Waals surface area contributed by atoms with E-state index in [9.17, 15) is 5.11 Å². The smallest absolute Gasteiger partial charge is 0.243 e. The monoisotopic (exact) mass is 264 g/mol. The predicted octanol–water partition coefficient (Wildman–Crippen LogP) is 2.10. The van der Waals surface area contributed by atoms with Gasteiger partial charge in [-0.05, 0) is 25.7 Å². The van der Waals surface area contributed by atoms with Crippen molar-refractivity contribution in [3.05, 3.63) is 11.4 Å². The standard InChI is InChI=1S/C14H24N4O/c1-3-11-12(4-2)17-18-13(16-11)15-10-14(19)8-6-5-7-9-14/h19H,3-10H2,1-2H3,(H,15,16,18). The molecule has 2 rings (SSSR count). The van der Waals surface area contributed by atoms with Crippen molar-refractivity contribution < 1.29 is 5.11 Å². The first-order valence-corrected chi connectivity index (χ1v) is 7.35. The van der Waals surface area contributed by atoms with Crippen LogP contribution in [-0.4, -0.2) is 32.4 Å². The van der Waals surface area contributed by atoms with Gasteiger partial charge in [-0.3, -0.25) is 0 Å². The third kappa shape index (κ3) is 3.62. The first-order chi connectivity index (χ1) is 9.17. The van der Waals surface area contributed by atoms with Crippen molar-refractivity contribution in [2.45, 2.75) is 64.4 Å². The molecule has 0 spiro atoms. The number of aliphatic hydroxyl groups is 1. The second kappa shape index (κ2) is 6.28. The van der Waals surface area contributed by atoms with Crippen molar-refractivity contribution in [3.8, 4) is 0 Å². The van der Waals surface area contributed by atoms with Crippen molar-refractivity contribution in [1.82, 2.24) is 15.2 Å². The van der Waals surface area contributed by atoms with E-state index in [2.05, 4.69) is 34.3 Å². The van der Waals surface area contributed by atoms with Crippen molar-refractivity contribution in [3.63, 3.8) is 0 Å². The number of hydrogen-bond acceptors (Lipinski definition) is 5. The fourth-order valence-electron chi connectivity index (χ4n) is 2.64. The molecule has 5 heteroatoms. The summed E-state index contributed by atoms with van der Waals surface area (Å²) in [6.45, 7) is 4.65. The lowest BCUT2D eigenvalue weighted by atomic mass is 9.85. The Hall–Kier alpha value is -1.23. The molecular formula is C14H24N4O. The summed E-state index contributed by atoms with van der Waals surface area (Å²) in [7, 11) is 0. The number of aryl methyl sites for hydroxylation is 2. The van der Waals surface area contributed by atoms with Crippen LogP contribution in [0.2, 0.25) is 0 Å². The van der Waals surface area contributed by atoms with E-state index in [1.165, 1.54) is 6.42 Å². The highest BCUT2D eigenvalue weighted by atomic mass is 16.3. The maximum absolute atomic E-state index is 10.4. The number of nitrogens with zero attached hydrogens (tertiary/aromatic N) is 3. The summed E-state index contributed by atoms with van der Waals surface area (Å²) in [6.07, 6.45) is 6.87. The molecule has 0 unspecified atom stereocenters. The van der Waals surface area contributed by atoms with Gasteiger partial charge < -0.3 is 10.4 Å². The molecular weight excluding hydrogens is 240 g/mol. The third-order valence-electron chi connectivity index (χ3n) is 3.87. The molecule has 1 aromatic rings. The van der Waals surface area contributed by atoms with Crippen molar-refractivity contribution in [1.29, 1.82) is 0 Å². The summed E-state index contributed by atoms with van der Waals surface area (Å²) in [4.78, 5) is 4.48. The minimum absolute atomic E-state index is 0.517. The summed E-state index contributed by atoms with van der Waals surface area (Å²) in [5.41, 5.74) is 1.36. The normalized spacial score (nSPS) is 18.3. The van der Waals surface area contributed by atoms with Crippen molar-refractivity contribution in [2.75, 3.05) is 11.9 Å². The fraction of sp³-hybridized carbons (Fsp3) is 0.786. The second-order valence-corrected chi connectivity index (χ2v) is 5.37. The Labute approximate surface area is 114 Å². The van der Waals surface area contributed by atoms with Crippen LogP contribution in [0.15, 0.2) is 0 Å². The number of rotatable bonds is 5. The van der Waals surface area contributed by atoms with Crippen LogP contribution in [-0.2, 0) is 12.8 Å². The number of nitrogens with one attached hydrogen (secondary N) is 1. The maximum atomic E-state index is 10.4. The maximum Gasteiger partial charge on any atom is 0.243 e. The van der Waals surface area contributed by atoms with Gasteiger partial charge in [0.15, 0.2) is 0 Å². The highest BCUT2D eigenvalue weighted by molar-refractivity contribution is 5.26. The topological polar surface area (TPSA) is 70.9 Å². The molecule has 0 bridgehead atoms. The lowest BCUT2D eigenvalue weighted by molar-refractivity contribution is 0.0165. The summed E-state index contributed by atoms with van der Waals surface area (Å²) >= 11 is 0. The zero-order chi connectivity index (χ0) is 13.7. The second-order valence-electron chi connectivity index (χ2n) is 5.37. The van der Waals surface area contributed by atoms with E-state index in [1.54, 1.807) is 0 Å². The van der Waals surface area contributed by atoms with E-state index in [1.807, 2.05) is 0 Å². The van der Waals surface area contributed by atoms with Crippen LogP contribution in [0.4, 0.5) is 5.95 Å². The minimum atomic E-state index is -0.600. The Balaban J connectivity index is 1.99. The summed E-state index contributed by atoms with van der Waals surface area (Å²) in [5.74, 6) is 0.535. The van der Waals surface area contributed by atoms with E-state index in [0.717, 1.165) is 49.9 Å². The first-order valence-electron chi connectivity index (χ1n) is 7.35. The lowest BCUT2D eigenvalue weighted by Crippen LogP contribution is -2.39. The molecule has 19 heavy (non-hydrogen) atoms. The Morgan fingerprint density at radius 1 is 1.05 bits per heavy atom. The van der Waals surface area contributed by atoms with Crippen LogP contribution in [0, 0.1) is 0 Å². The molecule has 1 aliphatic rings. The van der Waals surface area contributed by atoms with Gasteiger partial charge in [0, 0.05) is 6.54 Å². The molecule has 106 valence electrons. The van der Waals surface area contributed by atoms with Gasteiger partial charge in [-0.15, -0.1) is 5.10 Å². The van der Waals surface area contributed by atoms with E-state index >= 15 is 0 Å². The Bertz CT molecular complexity index is 416. The molecule has 1 heterocycles. The Morgan fingerprint density at radius 3 is 2.37 bits per heavy atom. The van der Waals surface area contributed by atoms with Gasteiger partial charge in [-0.1, -0.05) is 33.1 Å². The highest BCUT2D eigenvalue weighted by Crippen LogP contribution is 2.27. The molecule has 0 atom stereocenters. The zero-order valence-electron chi connectivity index (χ0n) is 11.9. The average Bonchev–Trinajstić information content (AvgIpc) is 2.45. The van der Waals surface area contributed by atoms with Gasteiger partial charge >= 0.3 is 0 Å². The summed E-state index contributed by atoms with van der Waals surface area (Å²) in [6, 6.07) is 0. The van der Waals surface area contributed by atoms with Gasteiger partial charge in [0.25, 0.3) is 0 Å². The van der Waals surface area contributed by atoms with Gasteiger partial charge in [-0.2, -0.15) is 5.10 Å². The van der Waals surface area contributed by atoms with Crippen molar-refractivity contribution >= 4 is 5.95 Å². The van der Waals surface area contributed by atoms with Crippen LogP contribution in [0.1, 0.15) is 57.3 Å². The molecule has 0 amide bonds. The van der Waals surface area contributed by atoms with Crippen LogP contribution >= 0.6 is 0 Å². The molecule has 0 radical (unpaired) electrons. The van der Waals surface area contributed by atoms with Gasteiger partial charge in [0.1, 0.15) is 0 Å². The molecule has 1 aliphatic carbocycles. The highest BCUT2D eigenvalue weighted by Gasteiger charge is 2.29. The van der Waals surface area contributed by atoms with E-state index in [-0.39, 0.29) is 0 Å². The molecule has 0 saturated heterocycles. The quantitative estimate of drug-likeness (QED) is 0.852. The molecule has 1 saturated carbocycles. The summed E-state index contributed by atoms with van der Waals surface area (Å²) in [5, 5.41) is 21.9. The zero-order valence-corrected chi connectivity index (χ0v) is 11.9. The molecule has 1 fully saturated rings. The SMILES string of the molecule is CCc1nnc(NCC2(O)CCCCC2)nc1CC. The Kier molecular flexibility index (Phi) is 4.69. The van der Waals surface area contributed by atoms with E-state index < -0.39 is 5.60 Å². The van der Waals surface area contributed by atoms with E-state index in [4.69, 9.17) is 0 Å². The predicted molar refractivity (Wildman–Crippen MR) is 75.1 cm³/mol. The molecule has 5 nitrogen and oxygen atoms in total. The molecule has 0 aromatic carbocycles. The number of hydrogen-bond donors (Lipinski definition) is 2. The van der Waals surface area contributed by atoms with Crippen LogP contribution in [0.25, 0.3) is 0 Å². The van der Waals surface area contributed by atoms with Gasteiger partial charge in [-0.25, -0.2) is 4.98 Å². The molecule has 2 N–H and O–H groups in total. The third-order valence-corrected chi connectivity index (χ3v) is 3.87. The van der Waals surface area contributed by atoms with Gasteiger partial charge in [0.2, 0.25) is 5.95 Å². The summed E-state index contributed by atoms with van der Waals surface area (Å²) < 4.78 is 0.